The number of aliphatic carboxylic acids is 1. The molecule has 0 aliphatic heterocycles. The van der Waals surface area contributed by atoms with E-state index in [1.54, 1.807) is 0 Å². The summed E-state index contributed by atoms with van der Waals surface area (Å²) in [5, 5.41) is 16.5. The van der Waals surface area contributed by atoms with Crippen molar-refractivity contribution in [2.24, 2.45) is 0 Å². The van der Waals surface area contributed by atoms with Crippen molar-refractivity contribution < 1.29 is 24.5 Å². The third kappa shape index (κ3) is 10.5. The Morgan fingerprint density at radius 1 is 1.41 bits per heavy atom. The molecule has 0 aromatic heterocycles. The van der Waals surface area contributed by atoms with Gasteiger partial charge in [0.1, 0.15) is 0 Å². The Kier molecular flexibility index (Phi) is 11.1. The van der Waals surface area contributed by atoms with Gasteiger partial charge in [0.05, 0.1) is 18.9 Å². The van der Waals surface area contributed by atoms with Crippen molar-refractivity contribution in [3.05, 3.63) is 24.0 Å². The van der Waals surface area contributed by atoms with Crippen molar-refractivity contribution in [2.45, 2.75) is 33.1 Å². The molecule has 0 radical (unpaired) electrons. The van der Waals surface area contributed by atoms with Gasteiger partial charge in [-0.15, -0.1) is 0 Å². The second-order valence-electron chi connectivity index (χ2n) is 3.33. The number of hydrogen-bond donors (Lipinski definition) is 2. The number of methoxy groups -OCH3 is 1. The lowest BCUT2D eigenvalue weighted by atomic mass is 10.1. The minimum atomic E-state index is -0.935. The third-order valence-electron chi connectivity index (χ3n) is 1.77. The number of carboxylic acid groups (broad SMARTS) is 1. The van der Waals surface area contributed by atoms with Crippen LogP contribution in [0, 0.1) is 0 Å². The van der Waals surface area contributed by atoms with Crippen LogP contribution in [0.2, 0.25) is 0 Å². The summed E-state index contributed by atoms with van der Waals surface area (Å²) in [4.78, 5) is 20.4. The van der Waals surface area contributed by atoms with E-state index in [0.717, 1.165) is 19.1 Å². The molecule has 98 valence electrons. The molecule has 0 unspecified atom stereocenters. The molecule has 0 aromatic rings. The first-order chi connectivity index (χ1) is 7.90. The molecule has 0 fully saturated rings. The summed E-state index contributed by atoms with van der Waals surface area (Å²) in [6.07, 6.45) is 3.29. The van der Waals surface area contributed by atoms with Gasteiger partial charge in [0.25, 0.3) is 0 Å². The molecule has 0 aliphatic carbocycles. The normalized spacial score (nSPS) is 9.94. The highest BCUT2D eigenvalue weighted by Crippen LogP contribution is 2.07. The number of aliphatic hydroxyl groups excluding tert-OH is 1. The molecule has 0 rings (SSSR count). The molecule has 0 heterocycles. The van der Waals surface area contributed by atoms with Crippen LogP contribution in [-0.2, 0) is 14.3 Å². The van der Waals surface area contributed by atoms with E-state index in [1.807, 2.05) is 6.92 Å². The van der Waals surface area contributed by atoms with Crippen LogP contribution in [0.25, 0.3) is 0 Å². The van der Waals surface area contributed by atoms with E-state index in [2.05, 4.69) is 11.3 Å². The number of ether oxygens (including phenoxy) is 1. The lowest BCUT2D eigenvalue weighted by Crippen LogP contribution is -2.04. The summed E-state index contributed by atoms with van der Waals surface area (Å²) >= 11 is 0. The summed E-state index contributed by atoms with van der Waals surface area (Å²) < 4.78 is 4.43. The van der Waals surface area contributed by atoms with E-state index in [4.69, 9.17) is 10.2 Å². The quantitative estimate of drug-likeness (QED) is 0.441. The largest absolute Gasteiger partial charge is 0.515 e. The lowest BCUT2D eigenvalue weighted by molar-refractivity contribution is -0.136. The Balaban J connectivity index is 0. The maximum Gasteiger partial charge on any atom is 0.336 e. The fraction of sp³-hybridized carbons (Fsp3) is 0.500. The maximum atomic E-state index is 10.8. The van der Waals surface area contributed by atoms with E-state index in [-0.39, 0.29) is 5.57 Å². The number of unbranched alkanes of at least 4 members (excludes halogenated alkanes) is 1. The van der Waals surface area contributed by atoms with Gasteiger partial charge in [-0.25, -0.2) is 9.59 Å². The van der Waals surface area contributed by atoms with Gasteiger partial charge in [-0.2, -0.15) is 0 Å². The second kappa shape index (κ2) is 10.7. The zero-order valence-electron chi connectivity index (χ0n) is 10.5. The van der Waals surface area contributed by atoms with E-state index in [9.17, 15) is 9.59 Å². The highest BCUT2D eigenvalue weighted by molar-refractivity contribution is 5.87. The van der Waals surface area contributed by atoms with Crippen LogP contribution in [0.15, 0.2) is 24.0 Å². The fourth-order valence-corrected chi connectivity index (χ4v) is 0.718. The Labute approximate surface area is 101 Å². The molecule has 0 bridgehead atoms. The van der Waals surface area contributed by atoms with Crippen LogP contribution in [-0.4, -0.2) is 29.3 Å². The van der Waals surface area contributed by atoms with Gasteiger partial charge in [0.2, 0.25) is 0 Å². The van der Waals surface area contributed by atoms with E-state index < -0.39 is 11.9 Å². The average Bonchev–Trinajstić information content (AvgIpc) is 2.30. The Bertz CT molecular complexity index is 279. The SMILES string of the molecule is C=C(C)C(=O)O.CCCCC(=CO)C(=O)OC. The van der Waals surface area contributed by atoms with Crippen molar-refractivity contribution in [3.63, 3.8) is 0 Å². The van der Waals surface area contributed by atoms with Crippen LogP contribution >= 0.6 is 0 Å². The van der Waals surface area contributed by atoms with Crippen molar-refractivity contribution in [1.29, 1.82) is 0 Å². The number of hydrogen-bond acceptors (Lipinski definition) is 4. The molecule has 2 N–H and O–H groups in total. The Morgan fingerprint density at radius 2 is 1.88 bits per heavy atom. The summed E-state index contributed by atoms with van der Waals surface area (Å²) in [6, 6.07) is 0. The van der Waals surface area contributed by atoms with Crippen molar-refractivity contribution in [1.82, 2.24) is 0 Å². The van der Waals surface area contributed by atoms with Gasteiger partial charge >= 0.3 is 11.9 Å². The third-order valence-corrected chi connectivity index (χ3v) is 1.77. The Morgan fingerprint density at radius 3 is 2.12 bits per heavy atom. The van der Waals surface area contributed by atoms with Gasteiger partial charge in [-0.1, -0.05) is 19.9 Å². The molecular weight excluding hydrogens is 224 g/mol. The van der Waals surface area contributed by atoms with Crippen LogP contribution in [0.1, 0.15) is 33.1 Å². The molecule has 17 heavy (non-hydrogen) atoms. The fourth-order valence-electron chi connectivity index (χ4n) is 0.718. The first-order valence-electron chi connectivity index (χ1n) is 5.21. The molecule has 0 saturated heterocycles. The van der Waals surface area contributed by atoms with E-state index in [1.165, 1.54) is 14.0 Å². The topological polar surface area (TPSA) is 83.8 Å². The molecule has 0 saturated carbocycles. The van der Waals surface area contributed by atoms with Crippen LogP contribution < -0.4 is 0 Å². The van der Waals surface area contributed by atoms with Crippen molar-refractivity contribution >= 4 is 11.9 Å². The maximum absolute atomic E-state index is 10.8. The first kappa shape index (κ1) is 17.6. The number of carboxylic acids is 1. The van der Waals surface area contributed by atoms with Gasteiger partial charge in [0, 0.05) is 5.57 Å². The standard InChI is InChI=1S/C8H14O3.C4H6O2/c1-3-4-5-7(6-9)8(10)11-2;1-3(2)4(5)6/h6,9H,3-5H2,1-2H3;1H2,2H3,(H,5,6). The van der Waals surface area contributed by atoms with Gasteiger partial charge in [0.15, 0.2) is 0 Å². The molecule has 0 amide bonds. The first-order valence-corrected chi connectivity index (χ1v) is 5.21. The van der Waals surface area contributed by atoms with Crippen LogP contribution in [0.5, 0.6) is 0 Å². The molecule has 0 aliphatic rings. The van der Waals surface area contributed by atoms with Crippen molar-refractivity contribution in [3.8, 4) is 0 Å². The van der Waals surface area contributed by atoms with Crippen LogP contribution in [0.3, 0.4) is 0 Å². The predicted molar refractivity (Wildman–Crippen MR) is 64.7 cm³/mol. The minimum absolute atomic E-state index is 0.176. The minimum Gasteiger partial charge on any atom is -0.515 e. The van der Waals surface area contributed by atoms with Gasteiger partial charge in [-0.05, 0) is 19.8 Å². The molecule has 0 aromatic carbocycles. The zero-order chi connectivity index (χ0) is 13.8. The molecule has 0 spiro atoms. The molecular formula is C12H20O5. The lowest BCUT2D eigenvalue weighted by Gasteiger charge is -2.01. The zero-order valence-corrected chi connectivity index (χ0v) is 10.5. The molecule has 0 atom stereocenters. The number of esters is 1. The van der Waals surface area contributed by atoms with Crippen LogP contribution in [0.4, 0.5) is 0 Å². The highest BCUT2D eigenvalue weighted by Gasteiger charge is 2.07. The second-order valence-corrected chi connectivity index (χ2v) is 3.33. The number of rotatable bonds is 5. The monoisotopic (exact) mass is 244 g/mol. The van der Waals surface area contributed by atoms with Crippen molar-refractivity contribution in [2.75, 3.05) is 7.11 Å². The van der Waals surface area contributed by atoms with Gasteiger partial charge in [-0.3, -0.25) is 0 Å². The smallest absolute Gasteiger partial charge is 0.336 e. The Hall–Kier alpha value is -1.78. The summed E-state index contributed by atoms with van der Waals surface area (Å²) in [7, 11) is 1.30. The summed E-state index contributed by atoms with van der Waals surface area (Å²) in [5.41, 5.74) is 0.518. The number of aliphatic hydroxyl groups is 1. The average molecular weight is 244 g/mol. The summed E-state index contributed by atoms with van der Waals surface area (Å²) in [5.74, 6) is -1.38. The number of carbonyl (C=O) groups is 2. The highest BCUT2D eigenvalue weighted by atomic mass is 16.5. The van der Waals surface area contributed by atoms with E-state index in [0.29, 0.717) is 12.0 Å². The van der Waals surface area contributed by atoms with E-state index >= 15 is 0 Å². The predicted octanol–water partition coefficient (Wildman–Crippen LogP) is 2.44. The van der Waals surface area contributed by atoms with Gasteiger partial charge < -0.3 is 14.9 Å². The summed E-state index contributed by atoms with van der Waals surface area (Å²) in [6.45, 7) is 6.62. The number of carbonyl (C=O) groups excluding carboxylic acids is 1. The molecule has 5 heteroatoms. The molecule has 5 nitrogen and oxygen atoms in total.